The molecule has 0 saturated carbocycles. The summed E-state index contributed by atoms with van der Waals surface area (Å²) >= 11 is 0. The highest BCUT2D eigenvalue weighted by Crippen LogP contribution is 2.37. The largest absolute Gasteiger partial charge is 0.481 e. The standard InChI is InChI=1S/C31H33F5N4O7/c1-29(2,3)47-28(42)39(16-30(4,5)26-24(40(43)44)10-11-25(38-26)45-6)15-17-12-18(32)8-9-22(17)37-23-14-20(31(34,35)36)21(33)13-19(23)27(41)46-7/h8-14,37H,15-16H2,1-7H3. The van der Waals surface area contributed by atoms with Crippen LogP contribution in [0.15, 0.2) is 42.5 Å². The number of esters is 1. The molecule has 1 N–H and O–H groups in total. The Labute approximate surface area is 266 Å². The lowest BCUT2D eigenvalue weighted by Gasteiger charge is -2.34. The molecular formula is C31H33F5N4O7. The number of carbonyl (C=O) groups excluding carboxylic acids is 2. The van der Waals surface area contributed by atoms with Crippen LogP contribution in [0.25, 0.3) is 0 Å². The second-order valence-corrected chi connectivity index (χ2v) is 12.0. The molecule has 11 nitrogen and oxygen atoms in total. The number of pyridine rings is 1. The second-order valence-electron chi connectivity index (χ2n) is 12.0. The molecular weight excluding hydrogens is 635 g/mol. The number of alkyl halides is 3. The Morgan fingerprint density at radius 2 is 1.64 bits per heavy atom. The van der Waals surface area contributed by atoms with Gasteiger partial charge in [0.15, 0.2) is 0 Å². The lowest BCUT2D eigenvalue weighted by atomic mass is 9.86. The van der Waals surface area contributed by atoms with E-state index in [1.54, 1.807) is 34.6 Å². The van der Waals surface area contributed by atoms with E-state index in [2.05, 4.69) is 15.0 Å². The van der Waals surface area contributed by atoms with Crippen molar-refractivity contribution in [3.05, 3.63) is 86.6 Å². The highest BCUT2D eigenvalue weighted by molar-refractivity contribution is 5.97. The van der Waals surface area contributed by atoms with Gasteiger partial charge in [0.25, 0.3) is 5.69 Å². The van der Waals surface area contributed by atoms with Gasteiger partial charge in [0.2, 0.25) is 5.88 Å². The molecule has 0 spiro atoms. The van der Waals surface area contributed by atoms with Gasteiger partial charge in [-0.1, -0.05) is 13.8 Å². The van der Waals surface area contributed by atoms with E-state index in [0.717, 1.165) is 30.2 Å². The number of ether oxygens (including phenoxy) is 3. The molecule has 0 fully saturated rings. The maximum Gasteiger partial charge on any atom is 0.419 e. The molecule has 3 aromatic rings. The van der Waals surface area contributed by atoms with Crippen molar-refractivity contribution in [2.45, 2.75) is 58.4 Å². The molecule has 0 aliphatic heterocycles. The molecule has 254 valence electrons. The molecule has 0 bridgehead atoms. The number of hydrogen-bond acceptors (Lipinski definition) is 9. The van der Waals surface area contributed by atoms with Crippen LogP contribution < -0.4 is 10.1 Å². The third-order valence-electron chi connectivity index (χ3n) is 6.65. The van der Waals surface area contributed by atoms with E-state index >= 15 is 0 Å². The number of benzene rings is 2. The van der Waals surface area contributed by atoms with Crippen LogP contribution >= 0.6 is 0 Å². The van der Waals surface area contributed by atoms with Crippen molar-refractivity contribution >= 4 is 29.1 Å². The maximum absolute atomic E-state index is 14.6. The monoisotopic (exact) mass is 668 g/mol. The van der Waals surface area contributed by atoms with Crippen LogP contribution in [0.3, 0.4) is 0 Å². The number of nitro groups is 1. The smallest absolute Gasteiger partial charge is 0.419 e. The van der Waals surface area contributed by atoms with Crippen LogP contribution in [0.4, 0.5) is 43.8 Å². The Morgan fingerprint density at radius 1 is 0.979 bits per heavy atom. The summed E-state index contributed by atoms with van der Waals surface area (Å²) in [6.07, 6.45) is -6.04. The number of hydrogen-bond donors (Lipinski definition) is 1. The average molecular weight is 669 g/mol. The van der Waals surface area contributed by atoms with Gasteiger partial charge >= 0.3 is 18.2 Å². The predicted molar refractivity (Wildman–Crippen MR) is 160 cm³/mol. The van der Waals surface area contributed by atoms with E-state index in [4.69, 9.17) is 9.47 Å². The third-order valence-corrected chi connectivity index (χ3v) is 6.65. The summed E-state index contributed by atoms with van der Waals surface area (Å²) in [6.45, 7) is 7.20. The van der Waals surface area contributed by atoms with Crippen LogP contribution in [0, 0.1) is 21.7 Å². The number of anilines is 2. The van der Waals surface area contributed by atoms with Crippen LogP contribution in [0.2, 0.25) is 0 Å². The Hall–Kier alpha value is -5.02. The minimum Gasteiger partial charge on any atom is -0.481 e. The molecule has 16 heteroatoms. The molecule has 0 atom stereocenters. The first-order valence-corrected chi connectivity index (χ1v) is 13.9. The van der Waals surface area contributed by atoms with Gasteiger partial charge in [-0.2, -0.15) is 13.2 Å². The van der Waals surface area contributed by atoms with E-state index in [1.807, 2.05) is 0 Å². The van der Waals surface area contributed by atoms with Crippen molar-refractivity contribution in [1.82, 2.24) is 9.88 Å². The molecule has 0 aliphatic rings. The summed E-state index contributed by atoms with van der Waals surface area (Å²) in [5.74, 6) is -3.60. The normalized spacial score (nSPS) is 11.9. The molecule has 3 rings (SSSR count). The first-order valence-electron chi connectivity index (χ1n) is 13.9. The predicted octanol–water partition coefficient (Wildman–Crippen LogP) is 7.54. The van der Waals surface area contributed by atoms with E-state index in [1.165, 1.54) is 19.2 Å². The van der Waals surface area contributed by atoms with Crippen LogP contribution in [0.5, 0.6) is 5.88 Å². The van der Waals surface area contributed by atoms with Crippen molar-refractivity contribution in [1.29, 1.82) is 0 Å². The number of rotatable bonds is 10. The van der Waals surface area contributed by atoms with Gasteiger partial charge < -0.3 is 24.4 Å². The van der Waals surface area contributed by atoms with Crippen molar-refractivity contribution in [3.8, 4) is 5.88 Å². The first kappa shape index (κ1) is 36.4. The SMILES string of the molecule is COC(=O)c1cc(F)c(C(F)(F)F)cc1Nc1ccc(F)cc1CN(CC(C)(C)c1nc(OC)ccc1[N+](=O)[O-])C(=O)OC(C)(C)C. The molecule has 0 radical (unpaired) electrons. The van der Waals surface area contributed by atoms with E-state index in [0.29, 0.717) is 12.1 Å². The fourth-order valence-corrected chi connectivity index (χ4v) is 4.59. The zero-order valence-corrected chi connectivity index (χ0v) is 26.5. The molecule has 0 unspecified atom stereocenters. The van der Waals surface area contributed by atoms with Crippen LogP contribution in [0.1, 0.15) is 61.8 Å². The minimum absolute atomic E-state index is 0.00606. The fourth-order valence-electron chi connectivity index (χ4n) is 4.59. The Bertz CT molecular complexity index is 1670. The number of nitrogens with one attached hydrogen (secondary N) is 1. The fraction of sp³-hybridized carbons (Fsp3) is 0.387. The van der Waals surface area contributed by atoms with Gasteiger partial charge in [-0.15, -0.1) is 0 Å². The van der Waals surface area contributed by atoms with Crippen LogP contribution in [-0.2, 0) is 27.6 Å². The van der Waals surface area contributed by atoms with Crippen LogP contribution in [-0.4, -0.2) is 53.2 Å². The minimum atomic E-state index is -5.13. The van der Waals surface area contributed by atoms with E-state index in [-0.39, 0.29) is 35.1 Å². The van der Waals surface area contributed by atoms with Gasteiger partial charge in [-0.05, 0) is 56.7 Å². The van der Waals surface area contributed by atoms with Crippen molar-refractivity contribution < 1.29 is 50.7 Å². The average Bonchev–Trinajstić information content (AvgIpc) is 2.96. The Kier molecular flexibility index (Phi) is 10.7. The summed E-state index contributed by atoms with van der Waals surface area (Å²) in [5, 5.41) is 14.5. The lowest BCUT2D eigenvalue weighted by molar-refractivity contribution is -0.386. The van der Waals surface area contributed by atoms with E-state index in [9.17, 15) is 41.7 Å². The molecule has 1 aromatic heterocycles. The number of methoxy groups -OCH3 is 2. The zero-order chi connectivity index (χ0) is 35.5. The highest BCUT2D eigenvalue weighted by Gasteiger charge is 2.38. The molecule has 2 aromatic carbocycles. The number of halogens is 5. The lowest BCUT2D eigenvalue weighted by Crippen LogP contribution is -2.43. The van der Waals surface area contributed by atoms with Gasteiger partial charge in [0.05, 0.1) is 42.5 Å². The van der Waals surface area contributed by atoms with Crippen molar-refractivity contribution in [2.24, 2.45) is 0 Å². The maximum atomic E-state index is 14.6. The number of aromatic nitrogens is 1. The van der Waals surface area contributed by atoms with Crippen molar-refractivity contribution in [2.75, 3.05) is 26.1 Å². The topological polar surface area (TPSA) is 133 Å². The number of carbonyl (C=O) groups is 2. The summed E-state index contributed by atoms with van der Waals surface area (Å²) in [4.78, 5) is 42.5. The summed E-state index contributed by atoms with van der Waals surface area (Å²) in [7, 11) is 2.27. The molecule has 0 saturated heterocycles. The number of amides is 1. The van der Waals surface area contributed by atoms with Gasteiger partial charge in [-0.3, -0.25) is 10.1 Å². The summed E-state index contributed by atoms with van der Waals surface area (Å²) in [6, 6.07) is 6.35. The quantitative estimate of drug-likeness (QED) is 0.101. The molecule has 1 amide bonds. The number of nitrogens with zero attached hydrogens (tertiary/aromatic N) is 3. The second kappa shape index (κ2) is 13.8. The van der Waals surface area contributed by atoms with Gasteiger partial charge in [0.1, 0.15) is 22.9 Å². The Morgan fingerprint density at radius 3 is 2.19 bits per heavy atom. The zero-order valence-electron chi connectivity index (χ0n) is 26.5. The summed E-state index contributed by atoms with van der Waals surface area (Å²) in [5.41, 5.74) is -5.52. The summed E-state index contributed by atoms with van der Waals surface area (Å²) < 4.78 is 85.1. The first-order chi connectivity index (χ1) is 21.7. The Balaban J connectivity index is 2.15. The van der Waals surface area contributed by atoms with E-state index < -0.39 is 69.2 Å². The molecule has 0 aliphatic carbocycles. The van der Waals surface area contributed by atoms with Gasteiger partial charge in [-0.25, -0.2) is 23.4 Å². The van der Waals surface area contributed by atoms with Gasteiger partial charge in [0, 0.05) is 29.8 Å². The van der Waals surface area contributed by atoms with Crippen molar-refractivity contribution in [3.63, 3.8) is 0 Å². The molecule has 1 heterocycles. The highest BCUT2D eigenvalue weighted by atomic mass is 19.4. The third kappa shape index (κ3) is 9.04. The molecule has 47 heavy (non-hydrogen) atoms.